The Morgan fingerprint density at radius 2 is 2.19 bits per heavy atom. The molecule has 0 aliphatic carbocycles. The highest BCUT2D eigenvalue weighted by atomic mass is 79.9. The summed E-state index contributed by atoms with van der Waals surface area (Å²) in [5, 5.41) is 1.32. The molecule has 0 aliphatic heterocycles. The second-order valence-corrected chi connectivity index (χ2v) is 6.07. The Balaban J connectivity index is 2.07. The van der Waals surface area contributed by atoms with Crippen LogP contribution in [0.4, 0.5) is 0 Å². The molecule has 2 rings (SSSR count). The van der Waals surface area contributed by atoms with Crippen molar-refractivity contribution in [2.24, 2.45) is 0 Å². The number of thioether (sulfide) groups is 1. The summed E-state index contributed by atoms with van der Waals surface area (Å²) in [7, 11) is 0. The fourth-order valence-electron chi connectivity index (χ4n) is 1.85. The third-order valence-electron chi connectivity index (χ3n) is 2.62. The summed E-state index contributed by atoms with van der Waals surface area (Å²) in [6.45, 7) is 3.34. The van der Waals surface area contributed by atoms with Gasteiger partial charge in [0.1, 0.15) is 0 Å². The van der Waals surface area contributed by atoms with Crippen molar-refractivity contribution in [3.05, 3.63) is 34.9 Å². The number of fused-ring (bicyclic) bond motifs is 1. The molecule has 1 heterocycles. The number of halogens is 1. The highest BCUT2D eigenvalue weighted by Gasteiger charge is 2.00. The Labute approximate surface area is 109 Å². The van der Waals surface area contributed by atoms with E-state index in [1.54, 1.807) is 0 Å². The molecule has 86 valence electrons. The number of rotatable bonds is 5. The SMILES string of the molecule is CCSCCCn1ccc2cc(Br)ccc21. The van der Waals surface area contributed by atoms with Crippen LogP contribution in [0, 0.1) is 0 Å². The minimum Gasteiger partial charge on any atom is -0.347 e. The van der Waals surface area contributed by atoms with Gasteiger partial charge < -0.3 is 4.57 Å². The van der Waals surface area contributed by atoms with Crippen LogP contribution in [0.1, 0.15) is 13.3 Å². The first-order chi connectivity index (χ1) is 7.81. The molecule has 0 saturated carbocycles. The van der Waals surface area contributed by atoms with Gasteiger partial charge in [-0.25, -0.2) is 0 Å². The van der Waals surface area contributed by atoms with Crippen molar-refractivity contribution in [3.63, 3.8) is 0 Å². The molecule has 1 aromatic carbocycles. The molecule has 0 atom stereocenters. The van der Waals surface area contributed by atoms with E-state index < -0.39 is 0 Å². The molecule has 0 radical (unpaired) electrons. The van der Waals surface area contributed by atoms with Gasteiger partial charge in [0, 0.05) is 28.1 Å². The Morgan fingerprint density at radius 3 is 3.00 bits per heavy atom. The van der Waals surface area contributed by atoms with Crippen molar-refractivity contribution in [1.82, 2.24) is 4.57 Å². The van der Waals surface area contributed by atoms with Crippen LogP contribution in [0.25, 0.3) is 10.9 Å². The van der Waals surface area contributed by atoms with E-state index >= 15 is 0 Å². The van der Waals surface area contributed by atoms with Crippen LogP contribution in [0.5, 0.6) is 0 Å². The molecule has 0 fully saturated rings. The van der Waals surface area contributed by atoms with Gasteiger partial charge in [0.15, 0.2) is 0 Å². The Bertz CT molecular complexity index is 464. The number of benzene rings is 1. The average Bonchev–Trinajstić information content (AvgIpc) is 2.67. The maximum atomic E-state index is 3.50. The predicted octanol–water partition coefficient (Wildman–Crippen LogP) is 4.55. The summed E-state index contributed by atoms with van der Waals surface area (Å²) >= 11 is 5.52. The molecule has 0 amide bonds. The molecule has 1 nitrogen and oxygen atoms in total. The van der Waals surface area contributed by atoms with E-state index in [-0.39, 0.29) is 0 Å². The van der Waals surface area contributed by atoms with Gasteiger partial charge in [0.2, 0.25) is 0 Å². The second kappa shape index (κ2) is 5.78. The molecule has 0 saturated heterocycles. The van der Waals surface area contributed by atoms with Gasteiger partial charge in [-0.05, 0) is 42.2 Å². The van der Waals surface area contributed by atoms with Crippen LogP contribution in [0.15, 0.2) is 34.9 Å². The van der Waals surface area contributed by atoms with Crippen molar-refractivity contribution in [1.29, 1.82) is 0 Å². The van der Waals surface area contributed by atoms with Crippen molar-refractivity contribution in [2.75, 3.05) is 11.5 Å². The lowest BCUT2D eigenvalue weighted by molar-refractivity contribution is 0.709. The van der Waals surface area contributed by atoms with E-state index in [9.17, 15) is 0 Å². The van der Waals surface area contributed by atoms with Crippen LogP contribution in [0.2, 0.25) is 0 Å². The lowest BCUT2D eigenvalue weighted by atomic mass is 10.2. The van der Waals surface area contributed by atoms with Gasteiger partial charge in [0.25, 0.3) is 0 Å². The van der Waals surface area contributed by atoms with Crippen LogP contribution in [0.3, 0.4) is 0 Å². The largest absolute Gasteiger partial charge is 0.347 e. The van der Waals surface area contributed by atoms with Gasteiger partial charge in [-0.3, -0.25) is 0 Å². The summed E-state index contributed by atoms with van der Waals surface area (Å²) in [6, 6.07) is 8.66. The number of hydrogen-bond donors (Lipinski definition) is 0. The zero-order valence-electron chi connectivity index (χ0n) is 9.45. The van der Waals surface area contributed by atoms with Gasteiger partial charge in [-0.15, -0.1) is 0 Å². The maximum absolute atomic E-state index is 3.50. The highest BCUT2D eigenvalue weighted by Crippen LogP contribution is 2.21. The molecule has 0 aliphatic rings. The molecule has 0 spiro atoms. The Morgan fingerprint density at radius 1 is 1.31 bits per heavy atom. The van der Waals surface area contributed by atoms with Gasteiger partial charge in [-0.2, -0.15) is 11.8 Å². The first-order valence-electron chi connectivity index (χ1n) is 5.63. The summed E-state index contributed by atoms with van der Waals surface area (Å²) < 4.78 is 3.50. The third kappa shape index (κ3) is 2.83. The van der Waals surface area contributed by atoms with Crippen molar-refractivity contribution in [3.8, 4) is 0 Å². The van der Waals surface area contributed by atoms with Gasteiger partial charge in [0.05, 0.1) is 0 Å². The summed E-state index contributed by atoms with van der Waals surface area (Å²) in [6.07, 6.45) is 3.44. The lowest BCUT2D eigenvalue weighted by Crippen LogP contribution is -1.97. The van der Waals surface area contributed by atoms with E-state index in [2.05, 4.69) is 57.9 Å². The molecule has 0 N–H and O–H groups in total. The van der Waals surface area contributed by atoms with Crippen LogP contribution >= 0.6 is 27.7 Å². The second-order valence-electron chi connectivity index (χ2n) is 3.76. The fraction of sp³-hybridized carbons (Fsp3) is 0.385. The first kappa shape index (κ1) is 12.1. The first-order valence-corrected chi connectivity index (χ1v) is 7.58. The summed E-state index contributed by atoms with van der Waals surface area (Å²) in [5.41, 5.74) is 1.34. The fourth-order valence-corrected chi connectivity index (χ4v) is 2.85. The molecule has 0 unspecified atom stereocenters. The predicted molar refractivity (Wildman–Crippen MR) is 77.3 cm³/mol. The lowest BCUT2D eigenvalue weighted by Gasteiger charge is -2.05. The van der Waals surface area contributed by atoms with E-state index in [0.717, 1.165) is 11.0 Å². The van der Waals surface area contributed by atoms with Gasteiger partial charge in [-0.1, -0.05) is 22.9 Å². The monoisotopic (exact) mass is 297 g/mol. The maximum Gasteiger partial charge on any atom is 0.0481 e. The smallest absolute Gasteiger partial charge is 0.0481 e. The number of aryl methyl sites for hydroxylation is 1. The molecule has 0 bridgehead atoms. The van der Waals surface area contributed by atoms with Crippen LogP contribution in [-0.2, 0) is 6.54 Å². The zero-order valence-corrected chi connectivity index (χ0v) is 11.9. The number of hydrogen-bond acceptors (Lipinski definition) is 1. The van der Waals surface area contributed by atoms with Crippen LogP contribution in [-0.4, -0.2) is 16.1 Å². The van der Waals surface area contributed by atoms with Crippen molar-refractivity contribution in [2.45, 2.75) is 19.9 Å². The number of nitrogens with zero attached hydrogens (tertiary/aromatic N) is 1. The molecule has 3 heteroatoms. The van der Waals surface area contributed by atoms with Crippen LogP contribution < -0.4 is 0 Å². The Hall–Kier alpha value is -0.410. The minimum atomic E-state index is 1.12. The molecule has 2 aromatic rings. The van der Waals surface area contributed by atoms with Crippen molar-refractivity contribution < 1.29 is 0 Å². The molecule has 16 heavy (non-hydrogen) atoms. The quantitative estimate of drug-likeness (QED) is 0.733. The van der Waals surface area contributed by atoms with E-state index in [1.807, 2.05) is 11.8 Å². The molecular formula is C13H16BrNS. The zero-order chi connectivity index (χ0) is 11.4. The van der Waals surface area contributed by atoms with Gasteiger partial charge >= 0.3 is 0 Å². The van der Waals surface area contributed by atoms with E-state index in [0.29, 0.717) is 0 Å². The number of aromatic nitrogens is 1. The average molecular weight is 298 g/mol. The summed E-state index contributed by atoms with van der Waals surface area (Å²) in [5.74, 6) is 2.48. The Kier molecular flexibility index (Phi) is 4.36. The minimum absolute atomic E-state index is 1.12. The standard InChI is InChI=1S/C13H16BrNS/c1-2-16-9-3-7-15-8-6-11-10-12(14)4-5-13(11)15/h4-6,8,10H,2-3,7,9H2,1H3. The van der Waals surface area contributed by atoms with Crippen molar-refractivity contribution >= 4 is 38.6 Å². The normalized spacial score (nSPS) is 11.1. The van der Waals surface area contributed by atoms with E-state index in [1.165, 1.54) is 28.8 Å². The third-order valence-corrected chi connectivity index (χ3v) is 4.10. The topological polar surface area (TPSA) is 4.93 Å². The van der Waals surface area contributed by atoms with E-state index in [4.69, 9.17) is 0 Å². The molecular weight excluding hydrogens is 282 g/mol. The highest BCUT2D eigenvalue weighted by molar-refractivity contribution is 9.10. The molecule has 1 aromatic heterocycles. The summed E-state index contributed by atoms with van der Waals surface area (Å²) in [4.78, 5) is 0.